The highest BCUT2D eigenvalue weighted by Crippen LogP contribution is 2.30. The van der Waals surface area contributed by atoms with E-state index in [1.807, 2.05) is 57.3 Å². The fourth-order valence-electron chi connectivity index (χ4n) is 4.72. The summed E-state index contributed by atoms with van der Waals surface area (Å²) in [4.78, 5) is 32.9. The van der Waals surface area contributed by atoms with Gasteiger partial charge in [-0.15, -0.1) is 11.3 Å². The van der Waals surface area contributed by atoms with Crippen molar-refractivity contribution in [2.45, 2.75) is 45.8 Å². The molecular weight excluding hydrogens is 450 g/mol. The maximum absolute atomic E-state index is 13.3. The lowest BCUT2D eigenvalue weighted by molar-refractivity contribution is -0.137. The molecule has 2 aromatic rings. The third kappa shape index (κ3) is 5.84. The number of urea groups is 1. The number of thiophene rings is 1. The summed E-state index contributed by atoms with van der Waals surface area (Å²) in [6, 6.07) is 10.1. The third-order valence-corrected chi connectivity index (χ3v) is 7.59. The first-order valence-corrected chi connectivity index (χ1v) is 13.1. The Hall–Kier alpha value is -2.74. The molecule has 2 aliphatic rings. The molecule has 4 rings (SSSR count). The van der Waals surface area contributed by atoms with E-state index in [0.29, 0.717) is 44.3 Å². The second-order valence-corrected chi connectivity index (χ2v) is 9.98. The average Bonchev–Trinajstić information content (AvgIpc) is 3.60. The molecule has 0 bridgehead atoms. The fourth-order valence-corrected chi connectivity index (χ4v) is 5.34. The Morgan fingerprint density at radius 2 is 1.79 bits per heavy atom. The first-order chi connectivity index (χ1) is 16.6. The van der Waals surface area contributed by atoms with Crippen molar-refractivity contribution in [2.75, 3.05) is 39.8 Å². The second kappa shape index (κ2) is 11.6. The summed E-state index contributed by atoms with van der Waals surface area (Å²) >= 11 is 1.66. The van der Waals surface area contributed by atoms with Gasteiger partial charge < -0.3 is 24.2 Å². The van der Waals surface area contributed by atoms with E-state index in [1.54, 1.807) is 18.4 Å². The second-order valence-electron chi connectivity index (χ2n) is 8.94. The highest BCUT2D eigenvalue weighted by molar-refractivity contribution is 7.09. The summed E-state index contributed by atoms with van der Waals surface area (Å²) in [6.07, 6.45) is 3.65. The lowest BCUT2D eigenvalue weighted by Crippen LogP contribution is -2.48. The molecule has 2 fully saturated rings. The van der Waals surface area contributed by atoms with Crippen molar-refractivity contribution in [3.05, 3.63) is 46.2 Å². The molecule has 8 heteroatoms. The van der Waals surface area contributed by atoms with Gasteiger partial charge >= 0.3 is 6.03 Å². The smallest absolute Gasteiger partial charge is 0.319 e. The van der Waals surface area contributed by atoms with Crippen LogP contribution in [-0.2, 0) is 17.9 Å². The minimum absolute atomic E-state index is 0.0297. The highest BCUT2D eigenvalue weighted by atomic mass is 32.1. The summed E-state index contributed by atoms with van der Waals surface area (Å²) in [5.41, 5.74) is 1.01. The van der Waals surface area contributed by atoms with E-state index < -0.39 is 0 Å². The molecule has 1 aromatic carbocycles. The number of nitrogens with zero attached hydrogens (tertiary/aromatic N) is 3. The van der Waals surface area contributed by atoms with E-state index in [1.165, 1.54) is 0 Å². The highest BCUT2D eigenvalue weighted by Gasteiger charge is 2.32. The van der Waals surface area contributed by atoms with Gasteiger partial charge in [-0.25, -0.2) is 4.79 Å². The number of methoxy groups -OCH3 is 1. The van der Waals surface area contributed by atoms with Crippen LogP contribution in [-0.4, -0.2) is 66.5 Å². The molecule has 0 unspecified atom stereocenters. The number of benzene rings is 1. The molecular formula is C26H35N3O4S. The SMILES string of the molecule is CCN(Cc1ccc(OCc2cccs2)c(OC)c1)C(=O)C1CCN(C(=O)N2CCCC2)CC1. The van der Waals surface area contributed by atoms with Crippen LogP contribution in [0.2, 0.25) is 0 Å². The van der Waals surface area contributed by atoms with Crippen molar-refractivity contribution in [2.24, 2.45) is 5.92 Å². The first-order valence-electron chi connectivity index (χ1n) is 12.2. The van der Waals surface area contributed by atoms with Crippen molar-refractivity contribution in [1.29, 1.82) is 0 Å². The fraction of sp³-hybridized carbons (Fsp3) is 0.538. The van der Waals surface area contributed by atoms with E-state index >= 15 is 0 Å². The molecule has 0 saturated carbocycles. The van der Waals surface area contributed by atoms with Crippen molar-refractivity contribution < 1.29 is 19.1 Å². The molecule has 0 aliphatic carbocycles. The minimum Gasteiger partial charge on any atom is -0.493 e. The number of amides is 3. The van der Waals surface area contributed by atoms with Gasteiger partial charge in [0.1, 0.15) is 6.61 Å². The summed E-state index contributed by atoms with van der Waals surface area (Å²) in [6.45, 7) is 6.74. The molecule has 3 amide bonds. The monoisotopic (exact) mass is 485 g/mol. The Labute approximate surface area is 206 Å². The molecule has 0 spiro atoms. The van der Waals surface area contributed by atoms with E-state index in [-0.39, 0.29) is 17.9 Å². The number of carbonyl (C=O) groups excluding carboxylic acids is 2. The molecule has 2 aliphatic heterocycles. The van der Waals surface area contributed by atoms with Gasteiger partial charge in [-0.05, 0) is 61.7 Å². The molecule has 0 N–H and O–H groups in total. The van der Waals surface area contributed by atoms with Crippen molar-refractivity contribution in [3.8, 4) is 11.5 Å². The number of carbonyl (C=O) groups is 2. The largest absolute Gasteiger partial charge is 0.493 e. The maximum Gasteiger partial charge on any atom is 0.319 e. The zero-order valence-electron chi connectivity index (χ0n) is 20.2. The van der Waals surface area contributed by atoms with Gasteiger partial charge in [-0.2, -0.15) is 0 Å². The van der Waals surface area contributed by atoms with Crippen LogP contribution in [0.5, 0.6) is 11.5 Å². The van der Waals surface area contributed by atoms with E-state index in [9.17, 15) is 9.59 Å². The summed E-state index contributed by atoms with van der Waals surface area (Å²) < 4.78 is 11.5. The minimum atomic E-state index is -0.0297. The summed E-state index contributed by atoms with van der Waals surface area (Å²) in [5, 5.41) is 2.03. The van der Waals surface area contributed by atoms with E-state index in [0.717, 1.165) is 49.2 Å². The predicted molar refractivity (Wildman–Crippen MR) is 133 cm³/mol. The van der Waals surface area contributed by atoms with Crippen LogP contribution in [0.3, 0.4) is 0 Å². The summed E-state index contributed by atoms with van der Waals surface area (Å²) in [7, 11) is 1.64. The Kier molecular flexibility index (Phi) is 8.32. The van der Waals surface area contributed by atoms with Crippen molar-refractivity contribution >= 4 is 23.3 Å². The zero-order valence-corrected chi connectivity index (χ0v) is 21.0. The van der Waals surface area contributed by atoms with Crippen LogP contribution in [0, 0.1) is 5.92 Å². The van der Waals surface area contributed by atoms with Gasteiger partial charge in [-0.1, -0.05) is 12.1 Å². The van der Waals surface area contributed by atoms with Gasteiger partial charge in [-0.3, -0.25) is 4.79 Å². The van der Waals surface area contributed by atoms with Crippen LogP contribution in [0.25, 0.3) is 0 Å². The van der Waals surface area contributed by atoms with Crippen molar-refractivity contribution in [3.63, 3.8) is 0 Å². The molecule has 184 valence electrons. The molecule has 0 atom stereocenters. The Morgan fingerprint density at radius 1 is 1.06 bits per heavy atom. The van der Waals surface area contributed by atoms with Gasteiger partial charge in [0.05, 0.1) is 7.11 Å². The maximum atomic E-state index is 13.3. The number of ether oxygens (including phenoxy) is 2. The Balaban J connectivity index is 1.32. The zero-order chi connectivity index (χ0) is 23.9. The van der Waals surface area contributed by atoms with E-state index in [2.05, 4.69) is 0 Å². The third-order valence-electron chi connectivity index (χ3n) is 6.74. The number of piperidine rings is 1. The quantitative estimate of drug-likeness (QED) is 0.548. The van der Waals surface area contributed by atoms with Crippen LogP contribution in [0.1, 0.15) is 43.0 Å². The Bertz CT molecular complexity index is 951. The molecule has 2 saturated heterocycles. The lowest BCUT2D eigenvalue weighted by atomic mass is 9.95. The molecule has 1 aromatic heterocycles. The molecule has 3 heterocycles. The van der Waals surface area contributed by atoms with Crippen LogP contribution in [0.15, 0.2) is 35.7 Å². The van der Waals surface area contributed by atoms with E-state index in [4.69, 9.17) is 9.47 Å². The molecule has 34 heavy (non-hydrogen) atoms. The number of hydrogen-bond donors (Lipinski definition) is 0. The van der Waals surface area contributed by atoms with Gasteiger partial charge in [0.2, 0.25) is 5.91 Å². The molecule has 7 nitrogen and oxygen atoms in total. The van der Waals surface area contributed by atoms with Gasteiger partial charge in [0.15, 0.2) is 11.5 Å². The predicted octanol–water partition coefficient (Wildman–Crippen LogP) is 4.61. The Morgan fingerprint density at radius 3 is 2.44 bits per heavy atom. The number of hydrogen-bond acceptors (Lipinski definition) is 5. The van der Waals surface area contributed by atoms with Gasteiger partial charge in [0, 0.05) is 50.1 Å². The number of rotatable bonds is 8. The van der Waals surface area contributed by atoms with Gasteiger partial charge in [0.25, 0.3) is 0 Å². The van der Waals surface area contributed by atoms with Crippen molar-refractivity contribution in [1.82, 2.24) is 14.7 Å². The number of likely N-dealkylation sites (tertiary alicyclic amines) is 2. The van der Waals surface area contributed by atoms with Crippen LogP contribution < -0.4 is 9.47 Å². The lowest BCUT2D eigenvalue weighted by Gasteiger charge is -2.35. The first kappa shape index (κ1) is 24.4. The van der Waals surface area contributed by atoms with Crippen LogP contribution >= 0.6 is 11.3 Å². The topological polar surface area (TPSA) is 62.3 Å². The summed E-state index contributed by atoms with van der Waals surface area (Å²) in [5.74, 6) is 1.51. The standard InChI is InChI=1S/C26H35N3O4S/c1-3-27(25(30)21-10-14-29(15-11-21)26(31)28-12-4-5-13-28)18-20-8-9-23(24(17-20)32-2)33-19-22-7-6-16-34-22/h6-9,16-17,21H,3-5,10-15,18-19H2,1-2H3. The normalized spacial score (nSPS) is 16.5. The average molecular weight is 486 g/mol. The van der Waals surface area contributed by atoms with Crippen LogP contribution in [0.4, 0.5) is 4.79 Å². The molecule has 0 radical (unpaired) electrons.